The zero-order valence-electron chi connectivity index (χ0n) is 42.2. The number of benzene rings is 6. The maximum atomic E-state index is 13.3. The summed E-state index contributed by atoms with van der Waals surface area (Å²) in [6, 6.07) is 44.6. The molecule has 0 atom stereocenters. The van der Waals surface area contributed by atoms with E-state index in [1.807, 2.05) is 36.4 Å². The van der Waals surface area contributed by atoms with Gasteiger partial charge in [-0.2, -0.15) is 0 Å². The Balaban J connectivity index is 1.06. The van der Waals surface area contributed by atoms with E-state index in [2.05, 4.69) is 72.1 Å². The predicted octanol–water partition coefficient (Wildman–Crippen LogP) is 14.4. The van der Waals surface area contributed by atoms with Gasteiger partial charge in [0.1, 0.15) is 17.2 Å². The summed E-state index contributed by atoms with van der Waals surface area (Å²) in [5, 5.41) is 13.0. The molecule has 0 saturated heterocycles. The normalized spacial score (nSPS) is 12.3. The predicted molar refractivity (Wildman–Crippen MR) is 291 cm³/mol. The number of ether oxygens (including phenoxy) is 3. The Morgan fingerprint density at radius 3 is 0.932 bits per heavy atom. The highest BCUT2D eigenvalue weighted by Gasteiger charge is 2.44. The van der Waals surface area contributed by atoms with Crippen LogP contribution in [-0.4, -0.2) is 47.0 Å². The molecule has 0 aliphatic rings. The van der Waals surface area contributed by atoms with Crippen molar-refractivity contribution in [3.05, 3.63) is 189 Å². The van der Waals surface area contributed by atoms with Crippen molar-refractivity contribution in [2.75, 3.05) is 0 Å². The van der Waals surface area contributed by atoms with E-state index in [4.69, 9.17) is 14.2 Å². The van der Waals surface area contributed by atoms with Crippen molar-refractivity contribution < 1.29 is 33.5 Å². The van der Waals surface area contributed by atoms with Crippen LogP contribution in [0, 0.1) is 10.1 Å². The molecule has 6 rings (SSSR count). The lowest BCUT2D eigenvalue weighted by Crippen LogP contribution is -2.41. The fourth-order valence-corrected chi connectivity index (χ4v) is 7.90. The van der Waals surface area contributed by atoms with Crippen molar-refractivity contribution >= 4 is 53.6 Å². The molecule has 0 unspecified atom stereocenters. The number of hydrogen-bond acceptors (Lipinski definition) is 11. The number of nitrogens with zero attached hydrogens (tertiary/aromatic N) is 4. The van der Waals surface area contributed by atoms with Crippen LogP contribution in [0.2, 0.25) is 0 Å². The van der Waals surface area contributed by atoms with Gasteiger partial charge in [-0.1, -0.05) is 76.4 Å². The summed E-state index contributed by atoms with van der Waals surface area (Å²) < 4.78 is 16.8. The topological polar surface area (TPSA) is 159 Å². The molecule has 0 bridgehead atoms. The Morgan fingerprint density at radius 2 is 0.699 bits per heavy atom. The molecule has 0 aliphatic heterocycles. The molecule has 0 radical (unpaired) electrons. The lowest BCUT2D eigenvalue weighted by Gasteiger charge is -2.24. The van der Waals surface area contributed by atoms with Crippen LogP contribution >= 0.6 is 0 Å². The molecule has 0 saturated carbocycles. The van der Waals surface area contributed by atoms with E-state index in [1.165, 1.54) is 16.7 Å². The molecule has 0 N–H and O–H groups in total. The van der Waals surface area contributed by atoms with Crippen molar-refractivity contribution in [1.29, 1.82) is 0 Å². The van der Waals surface area contributed by atoms with E-state index in [0.717, 1.165) is 91.5 Å². The van der Waals surface area contributed by atoms with Crippen LogP contribution in [0.1, 0.15) is 131 Å². The highest BCUT2D eigenvalue weighted by Crippen LogP contribution is 2.31. The monoisotopic (exact) mass is 982 g/mol. The quantitative estimate of drug-likeness (QED) is 0.0154. The summed E-state index contributed by atoms with van der Waals surface area (Å²) in [4.78, 5) is 65.9. The molecule has 0 amide bonds. The summed E-state index contributed by atoms with van der Waals surface area (Å²) >= 11 is 0. The third kappa shape index (κ3) is 18.7. The maximum absolute atomic E-state index is 13.3. The lowest BCUT2D eigenvalue weighted by molar-refractivity contribution is -0.573. The highest BCUT2D eigenvalue weighted by atomic mass is 16.6. The van der Waals surface area contributed by atoms with Gasteiger partial charge in [0.2, 0.25) is 5.54 Å². The molecular formula is C61H66N4O8. The van der Waals surface area contributed by atoms with Crippen LogP contribution in [0.4, 0.5) is 17.1 Å². The van der Waals surface area contributed by atoms with Gasteiger partial charge in [-0.15, -0.1) is 0 Å². The summed E-state index contributed by atoms with van der Waals surface area (Å²) in [5.74, 6) is -1.36. The average Bonchev–Trinajstić information content (AvgIpc) is 3.41. The Kier molecular flexibility index (Phi) is 21.5. The second-order valence-corrected chi connectivity index (χ2v) is 18.2. The van der Waals surface area contributed by atoms with Crippen molar-refractivity contribution in [3.8, 4) is 17.2 Å². The maximum Gasteiger partial charge on any atom is 0.311 e. The molecule has 73 heavy (non-hydrogen) atoms. The molecule has 6 aromatic carbocycles. The van der Waals surface area contributed by atoms with Gasteiger partial charge in [0.05, 0.1) is 36.3 Å². The number of nitro groups is 1. The molecule has 6 aromatic rings. The Morgan fingerprint density at radius 1 is 0.438 bits per heavy atom. The fraction of sp³-hybridized carbons (Fsp3) is 0.311. The van der Waals surface area contributed by atoms with E-state index >= 15 is 0 Å². The van der Waals surface area contributed by atoms with Crippen molar-refractivity contribution in [2.45, 2.75) is 123 Å². The van der Waals surface area contributed by atoms with Gasteiger partial charge in [-0.3, -0.25) is 39.5 Å². The highest BCUT2D eigenvalue weighted by molar-refractivity contribution is 5.84. The Bertz CT molecular complexity index is 2470. The number of esters is 3. The van der Waals surface area contributed by atoms with Crippen molar-refractivity contribution in [1.82, 2.24) is 0 Å². The number of carbonyl (C=O) groups excluding carboxylic acids is 3. The molecular weight excluding hydrogens is 917 g/mol. The second kappa shape index (κ2) is 28.9. The first kappa shape index (κ1) is 54.5. The van der Waals surface area contributed by atoms with Crippen LogP contribution in [-0.2, 0) is 33.6 Å². The molecule has 0 aliphatic carbocycles. The number of carbonyl (C=O) groups is 3. The van der Waals surface area contributed by atoms with Gasteiger partial charge in [0.25, 0.3) is 0 Å². The molecule has 12 nitrogen and oxygen atoms in total. The third-order valence-electron chi connectivity index (χ3n) is 12.5. The number of aliphatic imine (C=N–C) groups is 3. The van der Waals surface area contributed by atoms with E-state index in [1.54, 1.807) is 91.4 Å². The summed E-state index contributed by atoms with van der Waals surface area (Å²) in [6.07, 6.45) is 13.0. The minimum Gasteiger partial charge on any atom is -0.427 e. The van der Waals surface area contributed by atoms with E-state index in [0.29, 0.717) is 0 Å². The SMILES string of the molecule is CCCCc1ccc(N=Cc2ccc(OC(=O)CCC(CCC(=O)Oc3ccc(C=Nc4ccc(CCCC)cc4)cc3)(CCC(=O)Oc3ccc(C=Nc4ccc(CCCC)cc4)cc3)[N+](=O)[O-])cc2)cc1. The summed E-state index contributed by atoms with van der Waals surface area (Å²) in [7, 11) is 0. The first-order valence-electron chi connectivity index (χ1n) is 25.5. The summed E-state index contributed by atoms with van der Waals surface area (Å²) in [6.45, 7) is 6.50. The van der Waals surface area contributed by atoms with Crippen molar-refractivity contribution in [2.24, 2.45) is 15.0 Å². The number of aryl methyl sites for hydroxylation is 3. The van der Waals surface area contributed by atoms with Gasteiger partial charge in [-0.05, 0) is 181 Å². The third-order valence-corrected chi connectivity index (χ3v) is 12.5. The van der Waals surface area contributed by atoms with E-state index in [-0.39, 0.29) is 55.8 Å². The number of rotatable bonds is 28. The van der Waals surface area contributed by atoms with Crippen LogP contribution < -0.4 is 14.2 Å². The Labute approximate surface area is 429 Å². The molecule has 0 aromatic heterocycles. The van der Waals surface area contributed by atoms with Gasteiger partial charge < -0.3 is 14.2 Å². The van der Waals surface area contributed by atoms with Crippen LogP contribution in [0.15, 0.2) is 161 Å². The van der Waals surface area contributed by atoms with Gasteiger partial charge in [0.15, 0.2) is 0 Å². The first-order valence-corrected chi connectivity index (χ1v) is 25.5. The minimum atomic E-state index is -1.88. The van der Waals surface area contributed by atoms with Crippen LogP contribution in [0.25, 0.3) is 0 Å². The molecule has 0 fully saturated rings. The van der Waals surface area contributed by atoms with Crippen LogP contribution in [0.3, 0.4) is 0 Å². The second-order valence-electron chi connectivity index (χ2n) is 18.2. The average molecular weight is 983 g/mol. The molecule has 12 heteroatoms. The Hall–Kier alpha value is -7.86. The number of unbranched alkanes of at least 4 members (excludes halogenated alkanes) is 3. The van der Waals surface area contributed by atoms with Crippen LogP contribution in [0.5, 0.6) is 17.2 Å². The summed E-state index contributed by atoms with van der Waals surface area (Å²) in [5.41, 5.74) is 6.73. The molecule has 0 heterocycles. The first-order chi connectivity index (χ1) is 35.5. The van der Waals surface area contributed by atoms with Gasteiger partial charge >= 0.3 is 17.9 Å². The smallest absolute Gasteiger partial charge is 0.311 e. The largest absolute Gasteiger partial charge is 0.427 e. The lowest BCUT2D eigenvalue weighted by atomic mass is 9.84. The minimum absolute atomic E-state index is 0.254. The zero-order valence-corrected chi connectivity index (χ0v) is 42.2. The van der Waals surface area contributed by atoms with Crippen molar-refractivity contribution in [3.63, 3.8) is 0 Å². The van der Waals surface area contributed by atoms with E-state index < -0.39 is 28.4 Å². The molecule has 378 valence electrons. The van der Waals surface area contributed by atoms with E-state index in [9.17, 15) is 24.5 Å². The fourth-order valence-electron chi connectivity index (χ4n) is 7.90. The van der Waals surface area contributed by atoms with Gasteiger partial charge in [-0.25, -0.2) is 0 Å². The zero-order chi connectivity index (χ0) is 51.7. The number of hydrogen-bond donors (Lipinski definition) is 0. The standard InChI is InChI=1S/C61H66N4O8/c1-4-7-10-46-13-25-52(26-14-46)62-43-49-19-31-55(32-20-49)71-58(66)37-40-61(65(69)70,41-38-59(67)72-56-33-21-50(22-34-56)44-63-53-27-15-47(16-28-53)11-8-5-2)42-39-60(68)73-57-35-23-51(24-36-57)45-64-54-29-17-48(18-30-54)12-9-6-3/h13-36,43-45H,4-12,37-42H2,1-3H3. The van der Waals surface area contributed by atoms with Gasteiger partial charge in [0, 0.05) is 42.8 Å². The molecule has 0 spiro atoms.